The van der Waals surface area contributed by atoms with Gasteiger partial charge in [0.1, 0.15) is 5.75 Å². The van der Waals surface area contributed by atoms with Gasteiger partial charge in [-0.3, -0.25) is 0 Å². The summed E-state index contributed by atoms with van der Waals surface area (Å²) in [5.41, 5.74) is -0.167. The van der Waals surface area contributed by atoms with Crippen LogP contribution in [0.15, 0.2) is 36.4 Å². The molecule has 0 atom stereocenters. The summed E-state index contributed by atoms with van der Waals surface area (Å²) < 4.78 is 43.9. The molecule has 140 valence electrons. The van der Waals surface area contributed by atoms with Crippen LogP contribution in [0.4, 0.5) is 24.5 Å². The Hall–Kier alpha value is -1.70. The summed E-state index contributed by atoms with van der Waals surface area (Å²) in [6.45, 7) is 3.69. The molecule has 26 heavy (non-hydrogen) atoms. The molecule has 0 saturated carbocycles. The van der Waals surface area contributed by atoms with Crippen molar-refractivity contribution >= 4 is 51.9 Å². The number of hydrogen-bond donors (Lipinski definition) is 2. The zero-order valence-electron chi connectivity index (χ0n) is 13.7. The van der Waals surface area contributed by atoms with Gasteiger partial charge in [-0.1, -0.05) is 29.3 Å². The van der Waals surface area contributed by atoms with E-state index in [0.717, 1.165) is 12.1 Å². The van der Waals surface area contributed by atoms with E-state index in [2.05, 4.69) is 10.6 Å². The third-order valence-electron chi connectivity index (χ3n) is 3.08. The molecule has 9 heteroatoms. The highest BCUT2D eigenvalue weighted by Gasteiger charge is 2.30. The lowest BCUT2D eigenvalue weighted by atomic mass is 10.2. The number of hydrogen-bond acceptors (Lipinski definition) is 2. The van der Waals surface area contributed by atoms with Gasteiger partial charge in [-0.2, -0.15) is 13.2 Å². The van der Waals surface area contributed by atoms with Gasteiger partial charge in [-0.05, 0) is 50.3 Å². The van der Waals surface area contributed by atoms with Crippen LogP contribution in [0, 0.1) is 0 Å². The molecule has 0 saturated heterocycles. The van der Waals surface area contributed by atoms with Crippen molar-refractivity contribution in [2.75, 3.05) is 10.6 Å². The molecule has 0 aromatic heterocycles. The van der Waals surface area contributed by atoms with Gasteiger partial charge in [-0.25, -0.2) is 0 Å². The molecule has 2 N–H and O–H groups in total. The molecule has 0 heterocycles. The molecule has 0 bridgehead atoms. The molecular weight excluding hydrogens is 408 g/mol. The normalized spacial score (nSPS) is 11.4. The lowest BCUT2D eigenvalue weighted by Crippen LogP contribution is -2.20. The summed E-state index contributed by atoms with van der Waals surface area (Å²) in [7, 11) is 0. The predicted octanol–water partition coefficient (Wildman–Crippen LogP) is 6.61. The minimum absolute atomic E-state index is 0.0732. The van der Waals surface area contributed by atoms with Crippen molar-refractivity contribution in [2.24, 2.45) is 0 Å². The zero-order chi connectivity index (χ0) is 19.5. The summed E-state index contributed by atoms with van der Waals surface area (Å²) in [6.07, 6.45) is -4.54. The first-order chi connectivity index (χ1) is 12.1. The van der Waals surface area contributed by atoms with Gasteiger partial charge in [0.2, 0.25) is 0 Å². The van der Waals surface area contributed by atoms with E-state index >= 15 is 0 Å². The van der Waals surface area contributed by atoms with Gasteiger partial charge >= 0.3 is 6.18 Å². The number of nitrogens with one attached hydrogen (secondary N) is 2. The molecule has 0 aliphatic heterocycles. The smallest absolute Gasteiger partial charge is 0.416 e. The molecule has 3 nitrogen and oxygen atoms in total. The number of halogens is 5. The lowest BCUT2D eigenvalue weighted by Gasteiger charge is -2.16. The van der Waals surface area contributed by atoms with Crippen LogP contribution in [0.25, 0.3) is 0 Å². The van der Waals surface area contributed by atoms with E-state index in [4.69, 9.17) is 40.2 Å². The van der Waals surface area contributed by atoms with Crippen LogP contribution in [0.1, 0.15) is 19.4 Å². The van der Waals surface area contributed by atoms with Gasteiger partial charge in [-0.15, -0.1) is 0 Å². The van der Waals surface area contributed by atoms with Crippen molar-refractivity contribution in [3.05, 3.63) is 52.0 Å². The first kappa shape index (κ1) is 20.6. The third kappa shape index (κ3) is 5.65. The van der Waals surface area contributed by atoms with Crippen molar-refractivity contribution in [2.45, 2.75) is 26.1 Å². The summed E-state index contributed by atoms with van der Waals surface area (Å²) in [6, 6.07) is 7.77. The maximum absolute atomic E-state index is 12.8. The van der Waals surface area contributed by atoms with Gasteiger partial charge in [0.05, 0.1) is 27.4 Å². The largest absolute Gasteiger partial charge is 0.489 e. The Morgan fingerprint density at radius 2 is 1.77 bits per heavy atom. The highest BCUT2D eigenvalue weighted by Crippen LogP contribution is 2.35. The molecule has 2 aromatic rings. The van der Waals surface area contributed by atoms with Crippen molar-refractivity contribution in [3.63, 3.8) is 0 Å². The van der Waals surface area contributed by atoms with E-state index in [1.54, 1.807) is 6.07 Å². The molecule has 0 aliphatic rings. The van der Waals surface area contributed by atoms with Crippen molar-refractivity contribution in [1.29, 1.82) is 0 Å². The van der Waals surface area contributed by atoms with Crippen LogP contribution in [-0.4, -0.2) is 11.2 Å². The van der Waals surface area contributed by atoms with Gasteiger partial charge < -0.3 is 15.4 Å². The summed E-state index contributed by atoms with van der Waals surface area (Å²) >= 11 is 17.4. The second-order valence-corrected chi connectivity index (χ2v) is 6.81. The topological polar surface area (TPSA) is 33.3 Å². The number of rotatable bonds is 4. The van der Waals surface area contributed by atoms with Crippen LogP contribution in [0.5, 0.6) is 5.75 Å². The lowest BCUT2D eigenvalue weighted by molar-refractivity contribution is -0.137. The number of ether oxygens (including phenoxy) is 1. The molecule has 0 unspecified atom stereocenters. The number of alkyl halides is 3. The average Bonchev–Trinajstić information content (AvgIpc) is 2.51. The Bertz CT molecular complexity index is 813. The Kier molecular flexibility index (Phi) is 6.60. The van der Waals surface area contributed by atoms with Crippen molar-refractivity contribution in [3.8, 4) is 5.75 Å². The van der Waals surface area contributed by atoms with Gasteiger partial charge in [0.15, 0.2) is 5.11 Å². The third-order valence-corrected chi connectivity index (χ3v) is 3.89. The molecular formula is C17H15Cl2F3N2OS. The minimum atomic E-state index is -4.44. The van der Waals surface area contributed by atoms with E-state index in [0.29, 0.717) is 21.5 Å². The van der Waals surface area contributed by atoms with Crippen molar-refractivity contribution in [1.82, 2.24) is 0 Å². The maximum Gasteiger partial charge on any atom is 0.416 e. The fraction of sp³-hybridized carbons (Fsp3) is 0.235. The second kappa shape index (κ2) is 8.33. The van der Waals surface area contributed by atoms with E-state index < -0.39 is 11.7 Å². The Morgan fingerprint density at radius 1 is 1.08 bits per heavy atom. The Labute approximate surface area is 164 Å². The Morgan fingerprint density at radius 3 is 2.38 bits per heavy atom. The zero-order valence-corrected chi connectivity index (χ0v) is 16.1. The first-order valence-electron chi connectivity index (χ1n) is 7.47. The molecule has 2 rings (SSSR count). The summed E-state index contributed by atoms with van der Waals surface area (Å²) in [5, 5.41) is 6.22. The monoisotopic (exact) mass is 422 g/mol. The summed E-state index contributed by atoms with van der Waals surface area (Å²) in [4.78, 5) is 0. The Balaban J connectivity index is 2.15. The minimum Gasteiger partial charge on any atom is -0.489 e. The molecule has 0 aliphatic carbocycles. The first-order valence-corrected chi connectivity index (χ1v) is 8.63. The number of thiocarbonyl (C=S) groups is 1. The maximum atomic E-state index is 12.8. The molecule has 0 fully saturated rings. The summed E-state index contributed by atoms with van der Waals surface area (Å²) in [5.74, 6) is 0.412. The number of benzene rings is 2. The van der Waals surface area contributed by atoms with Crippen LogP contribution in [0.3, 0.4) is 0 Å². The van der Waals surface area contributed by atoms with Crippen molar-refractivity contribution < 1.29 is 17.9 Å². The fourth-order valence-corrected chi connectivity index (χ4v) is 2.73. The van der Waals surface area contributed by atoms with Crippen LogP contribution in [0.2, 0.25) is 10.0 Å². The second-order valence-electron chi connectivity index (χ2n) is 5.59. The number of anilines is 2. The van der Waals surface area contributed by atoms with Crippen LogP contribution >= 0.6 is 35.4 Å². The average molecular weight is 423 g/mol. The fourth-order valence-electron chi connectivity index (χ4n) is 2.03. The van der Waals surface area contributed by atoms with E-state index in [-0.39, 0.29) is 16.9 Å². The van der Waals surface area contributed by atoms with Gasteiger partial charge in [0.25, 0.3) is 0 Å². The highest BCUT2D eigenvalue weighted by atomic mass is 35.5. The molecule has 0 spiro atoms. The molecule has 0 amide bonds. The van der Waals surface area contributed by atoms with E-state index in [1.807, 2.05) is 13.8 Å². The van der Waals surface area contributed by atoms with Crippen LogP contribution in [-0.2, 0) is 6.18 Å². The highest BCUT2D eigenvalue weighted by molar-refractivity contribution is 7.80. The quantitative estimate of drug-likeness (QED) is 0.543. The predicted molar refractivity (Wildman–Crippen MR) is 104 cm³/mol. The molecule has 2 aromatic carbocycles. The molecule has 0 radical (unpaired) electrons. The van der Waals surface area contributed by atoms with E-state index in [1.165, 1.54) is 18.2 Å². The van der Waals surface area contributed by atoms with Crippen LogP contribution < -0.4 is 15.4 Å². The van der Waals surface area contributed by atoms with Gasteiger partial charge in [0, 0.05) is 11.8 Å². The SMILES string of the molecule is CC(C)Oc1cc(NC(=S)Nc2cccc(C(F)(F)F)c2)c(Cl)cc1Cl. The standard InChI is InChI=1S/C17H15Cl2F3N2OS/c1-9(2)25-15-8-14(12(18)7-13(15)19)24-16(26)23-11-5-3-4-10(6-11)17(20,21)22/h3-9H,1-2H3,(H2,23,24,26). The van der Waals surface area contributed by atoms with E-state index in [9.17, 15) is 13.2 Å².